The van der Waals surface area contributed by atoms with Gasteiger partial charge in [0.1, 0.15) is 10.7 Å². The Labute approximate surface area is 183 Å². The van der Waals surface area contributed by atoms with Crippen molar-refractivity contribution in [2.45, 2.75) is 50.1 Å². The molecule has 2 aliphatic carbocycles. The summed E-state index contributed by atoms with van der Waals surface area (Å²) in [6.07, 6.45) is 5.81. The Morgan fingerprint density at radius 3 is 2.87 bits per heavy atom. The first-order chi connectivity index (χ1) is 14.7. The van der Waals surface area contributed by atoms with E-state index in [4.69, 9.17) is 9.72 Å². The zero-order chi connectivity index (χ0) is 20.2. The fraction of sp³-hybridized carbons (Fsp3) is 0.619. The number of nitrogens with zero attached hydrogens (tertiary/aromatic N) is 5. The molecule has 0 radical (unpaired) electrons. The number of ether oxygens (including phenoxy) is 1. The van der Waals surface area contributed by atoms with Crippen molar-refractivity contribution in [3.63, 3.8) is 0 Å². The van der Waals surface area contributed by atoms with Crippen molar-refractivity contribution < 1.29 is 9.53 Å². The van der Waals surface area contributed by atoms with E-state index >= 15 is 0 Å². The lowest BCUT2D eigenvalue weighted by molar-refractivity contribution is -0.132. The highest BCUT2D eigenvalue weighted by Crippen LogP contribution is 2.44. The molecule has 4 heterocycles. The number of carbonyl (C=O) groups excluding carboxylic acids is 1. The van der Waals surface area contributed by atoms with E-state index in [1.54, 1.807) is 0 Å². The first-order valence-corrected chi connectivity index (χ1v) is 12.7. The first kappa shape index (κ1) is 19.0. The summed E-state index contributed by atoms with van der Waals surface area (Å²) in [5.74, 6) is 2.82. The van der Waals surface area contributed by atoms with Crippen molar-refractivity contribution >= 4 is 44.9 Å². The quantitative estimate of drug-likeness (QED) is 0.576. The highest BCUT2D eigenvalue weighted by molar-refractivity contribution is 7.99. The highest BCUT2D eigenvalue weighted by Gasteiger charge is 2.32. The van der Waals surface area contributed by atoms with Gasteiger partial charge in [-0.1, -0.05) is 18.7 Å². The largest absolute Gasteiger partial charge is 0.378 e. The van der Waals surface area contributed by atoms with Crippen LogP contribution in [0.25, 0.3) is 15.9 Å². The van der Waals surface area contributed by atoms with E-state index in [0.717, 1.165) is 40.2 Å². The molecule has 6 rings (SSSR count). The van der Waals surface area contributed by atoms with Crippen LogP contribution in [0.15, 0.2) is 5.16 Å². The van der Waals surface area contributed by atoms with Crippen molar-refractivity contribution in [1.29, 1.82) is 0 Å². The molecule has 0 spiro atoms. The molecule has 0 bridgehead atoms. The maximum absolute atomic E-state index is 12.6. The lowest BCUT2D eigenvalue weighted by Crippen LogP contribution is -2.41. The highest BCUT2D eigenvalue weighted by atomic mass is 32.2. The summed E-state index contributed by atoms with van der Waals surface area (Å²) in [7, 11) is 0. The van der Waals surface area contributed by atoms with Crippen molar-refractivity contribution in [2.75, 3.05) is 32.1 Å². The fourth-order valence-electron chi connectivity index (χ4n) is 4.58. The number of rotatable bonds is 4. The van der Waals surface area contributed by atoms with Gasteiger partial charge in [0, 0.05) is 23.9 Å². The van der Waals surface area contributed by atoms with Crippen LogP contribution in [0.4, 0.5) is 0 Å². The van der Waals surface area contributed by atoms with Crippen LogP contribution in [0, 0.1) is 5.92 Å². The summed E-state index contributed by atoms with van der Waals surface area (Å²) in [4.78, 5) is 22.2. The first-order valence-electron chi connectivity index (χ1n) is 10.9. The maximum Gasteiger partial charge on any atom is 0.233 e. The van der Waals surface area contributed by atoms with Gasteiger partial charge in [0.15, 0.2) is 10.8 Å². The fourth-order valence-corrected chi connectivity index (χ4v) is 6.80. The van der Waals surface area contributed by atoms with Crippen LogP contribution in [0.3, 0.4) is 0 Å². The molecule has 1 aliphatic heterocycles. The number of amides is 1. The van der Waals surface area contributed by atoms with Crippen LogP contribution in [0.1, 0.15) is 48.4 Å². The van der Waals surface area contributed by atoms with Gasteiger partial charge < -0.3 is 9.64 Å². The van der Waals surface area contributed by atoms with Crippen LogP contribution >= 0.6 is 23.1 Å². The number of aromatic nitrogens is 4. The minimum Gasteiger partial charge on any atom is -0.378 e. The maximum atomic E-state index is 12.6. The van der Waals surface area contributed by atoms with Crippen molar-refractivity contribution in [3.8, 4) is 0 Å². The van der Waals surface area contributed by atoms with Gasteiger partial charge in [0.05, 0.1) is 24.4 Å². The molecule has 158 valence electrons. The molecule has 7 nitrogen and oxygen atoms in total. The molecule has 0 aromatic carbocycles. The molecule has 1 atom stereocenters. The zero-order valence-electron chi connectivity index (χ0n) is 17.1. The SMILES string of the molecule is C[C@H]1CCc2c(sc3nc(C4CC4)n4c(SCC(=O)N5CCOCC5)nnc4c23)C1. The molecule has 3 aliphatic rings. The van der Waals surface area contributed by atoms with Crippen molar-refractivity contribution in [3.05, 3.63) is 16.3 Å². The Hall–Kier alpha value is -1.71. The molecule has 2 fully saturated rings. The van der Waals surface area contributed by atoms with Crippen LogP contribution in [-0.2, 0) is 22.4 Å². The zero-order valence-corrected chi connectivity index (χ0v) is 18.7. The lowest BCUT2D eigenvalue weighted by Gasteiger charge is -2.26. The smallest absolute Gasteiger partial charge is 0.233 e. The van der Waals surface area contributed by atoms with E-state index in [1.165, 1.54) is 46.9 Å². The normalized spacial score (nSPS) is 22.0. The van der Waals surface area contributed by atoms with Gasteiger partial charge in [-0.15, -0.1) is 21.5 Å². The second-order valence-electron chi connectivity index (χ2n) is 8.70. The molecule has 3 aromatic heterocycles. The summed E-state index contributed by atoms with van der Waals surface area (Å²) in [5.41, 5.74) is 2.37. The molecule has 0 N–H and O–H groups in total. The Morgan fingerprint density at radius 2 is 2.07 bits per heavy atom. The summed E-state index contributed by atoms with van der Waals surface area (Å²) in [5, 5.41) is 11.1. The number of hydrogen-bond acceptors (Lipinski definition) is 7. The number of morpholine rings is 1. The minimum atomic E-state index is 0.143. The van der Waals surface area contributed by atoms with Crippen molar-refractivity contribution in [1.82, 2.24) is 24.5 Å². The number of aryl methyl sites for hydroxylation is 1. The summed E-state index contributed by atoms with van der Waals surface area (Å²) in [6.45, 7) is 4.94. The van der Waals surface area contributed by atoms with Crippen LogP contribution in [-0.4, -0.2) is 62.4 Å². The van der Waals surface area contributed by atoms with Gasteiger partial charge in [0.25, 0.3) is 0 Å². The Bertz CT molecular complexity index is 1130. The van der Waals surface area contributed by atoms with E-state index in [2.05, 4.69) is 21.5 Å². The predicted octanol–water partition coefficient (Wildman–Crippen LogP) is 3.29. The van der Waals surface area contributed by atoms with E-state index in [0.29, 0.717) is 38.0 Å². The number of fused-ring (bicyclic) bond motifs is 5. The van der Waals surface area contributed by atoms with Crippen LogP contribution in [0.5, 0.6) is 0 Å². The summed E-state index contributed by atoms with van der Waals surface area (Å²) < 4.78 is 7.51. The van der Waals surface area contributed by atoms with E-state index in [-0.39, 0.29) is 5.91 Å². The molecule has 0 unspecified atom stereocenters. The van der Waals surface area contributed by atoms with E-state index in [1.807, 2.05) is 16.2 Å². The van der Waals surface area contributed by atoms with E-state index in [9.17, 15) is 4.79 Å². The van der Waals surface area contributed by atoms with Gasteiger partial charge in [-0.2, -0.15) is 0 Å². The Morgan fingerprint density at radius 1 is 1.23 bits per heavy atom. The number of thiophene rings is 1. The molecular weight excluding hydrogens is 418 g/mol. The van der Waals surface area contributed by atoms with Gasteiger partial charge in [-0.25, -0.2) is 4.98 Å². The third-order valence-electron chi connectivity index (χ3n) is 6.43. The summed E-state index contributed by atoms with van der Waals surface area (Å²) in [6, 6.07) is 0. The minimum absolute atomic E-state index is 0.143. The number of hydrogen-bond donors (Lipinski definition) is 0. The average molecular weight is 444 g/mol. The Balaban J connectivity index is 1.38. The number of carbonyl (C=O) groups is 1. The third-order valence-corrected chi connectivity index (χ3v) is 8.49. The summed E-state index contributed by atoms with van der Waals surface area (Å²) >= 11 is 3.34. The topological polar surface area (TPSA) is 72.6 Å². The van der Waals surface area contributed by atoms with Crippen LogP contribution < -0.4 is 0 Å². The molecule has 9 heteroatoms. The predicted molar refractivity (Wildman–Crippen MR) is 117 cm³/mol. The second-order valence-corrected chi connectivity index (χ2v) is 10.7. The van der Waals surface area contributed by atoms with Crippen molar-refractivity contribution in [2.24, 2.45) is 5.92 Å². The van der Waals surface area contributed by atoms with Gasteiger partial charge in [0.2, 0.25) is 5.91 Å². The molecule has 1 amide bonds. The molecular formula is C21H25N5O2S2. The standard InChI is InChI=1S/C21H25N5O2S2/c1-12-2-5-14-15(10-12)30-20-17(14)19-23-24-21(26(19)18(22-20)13-3-4-13)29-11-16(27)25-6-8-28-9-7-25/h12-13H,2-11H2,1H3/t12-/m0/s1. The van der Waals surface area contributed by atoms with Crippen LogP contribution in [0.2, 0.25) is 0 Å². The third kappa shape index (κ3) is 3.22. The molecule has 1 saturated carbocycles. The van der Waals surface area contributed by atoms with Gasteiger partial charge >= 0.3 is 0 Å². The lowest BCUT2D eigenvalue weighted by atomic mass is 9.89. The molecule has 30 heavy (non-hydrogen) atoms. The monoisotopic (exact) mass is 443 g/mol. The van der Waals surface area contributed by atoms with Gasteiger partial charge in [-0.05, 0) is 43.6 Å². The number of thioether (sulfide) groups is 1. The molecule has 1 saturated heterocycles. The molecule has 3 aromatic rings. The van der Waals surface area contributed by atoms with Gasteiger partial charge in [-0.3, -0.25) is 9.20 Å². The Kier molecular flexibility index (Phi) is 4.73. The average Bonchev–Trinajstić information content (AvgIpc) is 3.42. The second kappa shape index (κ2) is 7.46. The van der Waals surface area contributed by atoms with E-state index < -0.39 is 0 Å².